The van der Waals surface area contributed by atoms with E-state index in [4.69, 9.17) is 9.97 Å². The normalized spacial score (nSPS) is 12.1. The summed E-state index contributed by atoms with van der Waals surface area (Å²) in [7, 11) is 0. The summed E-state index contributed by atoms with van der Waals surface area (Å²) in [6, 6.07) is 37.5. The van der Waals surface area contributed by atoms with Crippen LogP contribution in [0.5, 0.6) is 0 Å². The van der Waals surface area contributed by atoms with Crippen LogP contribution >= 0.6 is 31.9 Å². The minimum absolute atomic E-state index is 0.321. The van der Waals surface area contributed by atoms with Crippen molar-refractivity contribution in [1.82, 2.24) is 19.9 Å². The Bertz CT molecular complexity index is 2370. The number of nitrogens with zero attached hydrogens (tertiary/aromatic N) is 2. The average molecular weight is 809 g/mol. The van der Waals surface area contributed by atoms with Crippen LogP contribution in [0, 0.1) is 11.6 Å². The fraction of sp³-hybridized carbons (Fsp3) is 0. The number of aromatic nitrogens is 4. The van der Waals surface area contributed by atoms with Gasteiger partial charge in [0.2, 0.25) is 0 Å². The number of nitrogens with one attached hydrogen (secondary N) is 2. The lowest BCUT2D eigenvalue weighted by molar-refractivity contribution is 0.627. The minimum atomic E-state index is -0.321. The average Bonchev–Trinajstić information content (AvgIpc) is 3.99. The summed E-state index contributed by atoms with van der Waals surface area (Å²) in [4.78, 5) is 17.9. The summed E-state index contributed by atoms with van der Waals surface area (Å²) >= 11 is 7.19. The number of aromatic amines is 2. The van der Waals surface area contributed by atoms with E-state index < -0.39 is 0 Å². The summed E-state index contributed by atoms with van der Waals surface area (Å²) in [5.74, 6) is -0.641. The maximum Gasteiger partial charge on any atom is 0.123 e. The quantitative estimate of drug-likeness (QED) is 0.186. The molecule has 0 saturated carbocycles. The van der Waals surface area contributed by atoms with Crippen LogP contribution in [-0.2, 0) is 0 Å². The van der Waals surface area contributed by atoms with Gasteiger partial charge >= 0.3 is 0 Å². The zero-order valence-electron chi connectivity index (χ0n) is 27.3. The van der Waals surface area contributed by atoms with E-state index in [1.54, 1.807) is 24.3 Å². The molecule has 3 aromatic heterocycles. The van der Waals surface area contributed by atoms with Crippen LogP contribution in [0.25, 0.3) is 90.9 Å². The van der Waals surface area contributed by atoms with Crippen molar-refractivity contribution in [1.29, 1.82) is 0 Å². The van der Waals surface area contributed by atoms with Gasteiger partial charge in [0.1, 0.15) is 11.6 Å². The van der Waals surface area contributed by atoms with Gasteiger partial charge in [-0.25, -0.2) is 18.7 Å². The van der Waals surface area contributed by atoms with Crippen molar-refractivity contribution in [3.05, 3.63) is 165 Å². The van der Waals surface area contributed by atoms with Crippen molar-refractivity contribution in [2.24, 2.45) is 0 Å². The lowest BCUT2D eigenvalue weighted by Gasteiger charge is -2.07. The molecule has 0 saturated heterocycles. The van der Waals surface area contributed by atoms with Crippen LogP contribution in [0.2, 0.25) is 0 Å². The molecule has 5 heterocycles. The van der Waals surface area contributed by atoms with Crippen molar-refractivity contribution < 1.29 is 8.78 Å². The Labute approximate surface area is 314 Å². The molecule has 0 fully saturated rings. The molecule has 52 heavy (non-hydrogen) atoms. The molecular weight excluding hydrogens is 782 g/mol. The van der Waals surface area contributed by atoms with Crippen molar-refractivity contribution >= 4 is 78.2 Å². The molecule has 4 nitrogen and oxygen atoms in total. The molecule has 0 radical (unpaired) electrons. The van der Waals surface area contributed by atoms with Gasteiger partial charge in [0.25, 0.3) is 0 Å². The van der Waals surface area contributed by atoms with Gasteiger partial charge in [0.05, 0.1) is 22.8 Å². The molecule has 8 heteroatoms. The van der Waals surface area contributed by atoms with Gasteiger partial charge in [-0.2, -0.15) is 0 Å². The smallest absolute Gasteiger partial charge is 0.123 e. The number of H-pyrrole nitrogens is 2. The summed E-state index contributed by atoms with van der Waals surface area (Å²) in [5.41, 5.74) is 13.4. The number of benzene rings is 4. The van der Waals surface area contributed by atoms with Crippen LogP contribution in [0.4, 0.5) is 8.78 Å². The molecule has 0 spiro atoms. The Morgan fingerprint density at radius 3 is 0.865 bits per heavy atom. The van der Waals surface area contributed by atoms with Gasteiger partial charge in [-0.3, -0.25) is 0 Å². The highest BCUT2D eigenvalue weighted by atomic mass is 79.9. The number of fused-ring (bicyclic) bond motifs is 8. The van der Waals surface area contributed by atoms with E-state index in [-0.39, 0.29) is 11.6 Å². The third kappa shape index (κ3) is 5.93. The van der Waals surface area contributed by atoms with E-state index in [1.165, 1.54) is 24.3 Å². The van der Waals surface area contributed by atoms with Gasteiger partial charge in [-0.05, 0) is 119 Å². The lowest BCUT2D eigenvalue weighted by atomic mass is 10.0. The van der Waals surface area contributed by atoms with Crippen LogP contribution in [0.3, 0.4) is 0 Å². The largest absolute Gasteiger partial charge is 0.354 e. The van der Waals surface area contributed by atoms with Crippen molar-refractivity contribution in [3.8, 4) is 44.5 Å². The SMILES string of the molecule is Fc1ccc(-c2c3nc(c(-c4ccc(F)cc4)c4ccc([nH]4)c(-c4ccc(Br)cc4)c4nc(c(-c5ccc(Br)cc5)c5ccc2[nH]5)C=C4)C=C3)cc1. The highest BCUT2D eigenvalue weighted by Gasteiger charge is 2.19. The Hall–Kier alpha value is -5.70. The topological polar surface area (TPSA) is 57.4 Å². The van der Waals surface area contributed by atoms with Gasteiger partial charge in [-0.1, -0.05) is 80.4 Å². The first-order valence-electron chi connectivity index (χ1n) is 16.6. The standard InChI is InChI=1S/C44H26Br2F2N4/c45-29-9-1-25(2-10-29)41-33-17-18-34(49-33)42(26-3-11-30(46)12-4-26)36-20-22-38(51-36)44(28-7-15-32(48)16-8-28)40-24-23-39(52-40)43(37-21-19-35(41)50-37)27-5-13-31(47)14-6-27/h1-24,50-51H. The highest BCUT2D eigenvalue weighted by molar-refractivity contribution is 9.10. The fourth-order valence-electron chi connectivity index (χ4n) is 6.89. The number of hydrogen-bond acceptors (Lipinski definition) is 2. The van der Waals surface area contributed by atoms with Gasteiger partial charge in [-0.15, -0.1) is 0 Å². The first-order chi connectivity index (χ1) is 25.4. The molecule has 2 aliphatic rings. The molecule has 0 unspecified atom stereocenters. The summed E-state index contributed by atoms with van der Waals surface area (Å²) in [5, 5.41) is 0. The second kappa shape index (κ2) is 13.1. The predicted molar refractivity (Wildman–Crippen MR) is 216 cm³/mol. The zero-order valence-corrected chi connectivity index (χ0v) is 30.4. The molecule has 7 aromatic rings. The van der Waals surface area contributed by atoms with E-state index in [1.807, 2.05) is 48.6 Å². The van der Waals surface area contributed by atoms with E-state index >= 15 is 0 Å². The van der Waals surface area contributed by atoms with Crippen LogP contribution in [-0.4, -0.2) is 19.9 Å². The van der Waals surface area contributed by atoms with E-state index in [0.29, 0.717) is 11.4 Å². The number of hydrogen-bond donors (Lipinski definition) is 2. The van der Waals surface area contributed by atoms with Crippen LogP contribution in [0.15, 0.2) is 130 Å². The third-order valence-corrected chi connectivity index (χ3v) is 10.3. The molecule has 8 bridgehead atoms. The summed E-state index contributed by atoms with van der Waals surface area (Å²) < 4.78 is 30.4. The maximum absolute atomic E-state index is 14.2. The zero-order chi connectivity index (χ0) is 35.3. The Kier molecular flexibility index (Phi) is 8.13. The highest BCUT2D eigenvalue weighted by Crippen LogP contribution is 2.38. The molecule has 250 valence electrons. The third-order valence-electron chi connectivity index (χ3n) is 9.29. The van der Waals surface area contributed by atoms with Crippen molar-refractivity contribution in [3.63, 3.8) is 0 Å². The molecule has 0 atom stereocenters. The molecule has 2 N–H and O–H groups in total. The Morgan fingerprint density at radius 1 is 0.346 bits per heavy atom. The molecule has 0 aliphatic carbocycles. The molecular formula is C44H26Br2F2N4. The monoisotopic (exact) mass is 806 g/mol. The van der Waals surface area contributed by atoms with Crippen LogP contribution in [0.1, 0.15) is 22.8 Å². The Morgan fingerprint density at radius 2 is 0.596 bits per heavy atom. The second-order valence-electron chi connectivity index (χ2n) is 12.5. The lowest BCUT2D eigenvalue weighted by Crippen LogP contribution is -1.90. The predicted octanol–water partition coefficient (Wildman–Crippen LogP) is 13.1. The van der Waals surface area contributed by atoms with Gasteiger partial charge in [0.15, 0.2) is 0 Å². The maximum atomic E-state index is 14.2. The molecule has 4 aromatic carbocycles. The fourth-order valence-corrected chi connectivity index (χ4v) is 7.42. The van der Waals surface area contributed by atoms with E-state index in [9.17, 15) is 8.78 Å². The first kappa shape index (κ1) is 32.2. The number of rotatable bonds is 4. The van der Waals surface area contributed by atoms with Gasteiger partial charge < -0.3 is 9.97 Å². The number of halogens is 4. The van der Waals surface area contributed by atoms with Gasteiger partial charge in [0, 0.05) is 53.3 Å². The van der Waals surface area contributed by atoms with E-state index in [0.717, 1.165) is 86.9 Å². The summed E-state index contributed by atoms with van der Waals surface area (Å²) in [6.45, 7) is 0. The first-order valence-corrected chi connectivity index (χ1v) is 18.2. The molecule has 2 aliphatic heterocycles. The second-order valence-corrected chi connectivity index (χ2v) is 14.4. The minimum Gasteiger partial charge on any atom is -0.354 e. The Balaban J connectivity index is 1.47. The van der Waals surface area contributed by atoms with Crippen molar-refractivity contribution in [2.75, 3.05) is 0 Å². The molecule has 9 rings (SSSR count). The summed E-state index contributed by atoms with van der Waals surface area (Å²) in [6.07, 6.45) is 8.06. The van der Waals surface area contributed by atoms with E-state index in [2.05, 4.69) is 90.4 Å². The molecule has 0 amide bonds. The van der Waals surface area contributed by atoms with Crippen molar-refractivity contribution in [2.45, 2.75) is 0 Å². The van der Waals surface area contributed by atoms with Crippen LogP contribution < -0.4 is 0 Å².